The van der Waals surface area contributed by atoms with E-state index in [1.807, 2.05) is 18.4 Å². The van der Waals surface area contributed by atoms with E-state index >= 15 is 0 Å². The molecular formula is C13H16N2OS. The fourth-order valence-electron chi connectivity index (χ4n) is 2.91. The van der Waals surface area contributed by atoms with E-state index in [4.69, 9.17) is 0 Å². The van der Waals surface area contributed by atoms with Gasteiger partial charge in [0.2, 0.25) is 0 Å². The fraction of sp³-hybridized carbons (Fsp3) is 0.538. The molecule has 0 saturated heterocycles. The van der Waals surface area contributed by atoms with Gasteiger partial charge in [-0.2, -0.15) is 5.10 Å². The number of aryl methyl sites for hydroxylation is 1. The summed E-state index contributed by atoms with van der Waals surface area (Å²) in [5.74, 6) is 1.40. The van der Waals surface area contributed by atoms with Crippen LogP contribution in [0.2, 0.25) is 0 Å². The van der Waals surface area contributed by atoms with Gasteiger partial charge >= 0.3 is 0 Å². The number of rotatable bonds is 2. The van der Waals surface area contributed by atoms with Gasteiger partial charge in [0.05, 0.1) is 5.56 Å². The number of carbonyl (C=O) groups excluding carboxylic acids is 1. The third-order valence-electron chi connectivity index (χ3n) is 3.80. The average Bonchev–Trinajstić information content (AvgIpc) is 3.01. The van der Waals surface area contributed by atoms with Crippen LogP contribution in [-0.4, -0.2) is 11.6 Å². The smallest absolute Gasteiger partial charge is 0.267 e. The summed E-state index contributed by atoms with van der Waals surface area (Å²) in [4.78, 5) is 13.0. The van der Waals surface area contributed by atoms with Crippen LogP contribution in [0.15, 0.2) is 16.5 Å². The van der Waals surface area contributed by atoms with Crippen molar-refractivity contribution in [1.82, 2.24) is 5.43 Å². The summed E-state index contributed by atoms with van der Waals surface area (Å²) in [5, 5.41) is 6.19. The Balaban J connectivity index is 1.64. The van der Waals surface area contributed by atoms with E-state index in [1.165, 1.54) is 25.0 Å². The van der Waals surface area contributed by atoms with E-state index in [0.717, 1.165) is 22.8 Å². The monoisotopic (exact) mass is 248 g/mol. The molecule has 4 heteroatoms. The summed E-state index contributed by atoms with van der Waals surface area (Å²) in [7, 11) is 0. The molecule has 2 saturated carbocycles. The lowest BCUT2D eigenvalue weighted by molar-refractivity contribution is 0.0955. The van der Waals surface area contributed by atoms with Gasteiger partial charge in [-0.15, -0.1) is 11.3 Å². The van der Waals surface area contributed by atoms with Crippen molar-refractivity contribution in [2.45, 2.75) is 32.6 Å². The summed E-state index contributed by atoms with van der Waals surface area (Å²) in [5.41, 5.74) is 4.63. The van der Waals surface area contributed by atoms with Crippen molar-refractivity contribution >= 4 is 23.0 Å². The standard InChI is InChI=1S/C13H16N2OS/c1-8-4-11(7-17-8)13(16)15-14-12-6-9-2-3-10(12)5-9/h4,7,9-10H,2-3,5-6H2,1H3,(H,15,16)/b14-12-. The summed E-state index contributed by atoms with van der Waals surface area (Å²) in [6.07, 6.45) is 4.98. The second-order valence-corrected chi connectivity index (χ2v) is 6.19. The quantitative estimate of drug-likeness (QED) is 0.803. The first-order chi connectivity index (χ1) is 8.22. The number of nitrogens with one attached hydrogen (secondary N) is 1. The molecule has 1 aromatic heterocycles. The van der Waals surface area contributed by atoms with Gasteiger partial charge in [0, 0.05) is 16.0 Å². The van der Waals surface area contributed by atoms with Crippen LogP contribution in [0, 0.1) is 18.8 Å². The zero-order chi connectivity index (χ0) is 11.8. The van der Waals surface area contributed by atoms with Gasteiger partial charge in [-0.3, -0.25) is 4.79 Å². The van der Waals surface area contributed by atoms with E-state index in [0.29, 0.717) is 5.92 Å². The number of carbonyl (C=O) groups is 1. The number of amides is 1. The summed E-state index contributed by atoms with van der Waals surface area (Å²) in [6, 6.07) is 1.90. The van der Waals surface area contributed by atoms with Gasteiger partial charge < -0.3 is 0 Å². The van der Waals surface area contributed by atoms with Gasteiger partial charge in [0.1, 0.15) is 0 Å². The van der Waals surface area contributed by atoms with Gasteiger partial charge in [-0.25, -0.2) is 5.43 Å². The average molecular weight is 248 g/mol. The van der Waals surface area contributed by atoms with Crippen molar-refractivity contribution in [3.05, 3.63) is 21.9 Å². The molecule has 2 fully saturated rings. The number of hydrogen-bond acceptors (Lipinski definition) is 3. The number of nitrogens with zero attached hydrogens (tertiary/aromatic N) is 1. The third kappa shape index (κ3) is 2.14. The highest BCUT2D eigenvalue weighted by molar-refractivity contribution is 7.10. The highest BCUT2D eigenvalue weighted by atomic mass is 32.1. The maximum absolute atomic E-state index is 11.8. The summed E-state index contributed by atoms with van der Waals surface area (Å²) in [6.45, 7) is 2.00. The van der Waals surface area contributed by atoms with E-state index in [2.05, 4.69) is 10.5 Å². The Hall–Kier alpha value is -1.16. The number of fused-ring (bicyclic) bond motifs is 2. The van der Waals surface area contributed by atoms with Gasteiger partial charge in [0.15, 0.2) is 0 Å². The zero-order valence-electron chi connectivity index (χ0n) is 9.90. The molecule has 2 bridgehead atoms. The molecule has 3 nitrogen and oxygen atoms in total. The lowest BCUT2D eigenvalue weighted by Crippen LogP contribution is -2.21. The first-order valence-corrected chi connectivity index (χ1v) is 7.02. The maximum Gasteiger partial charge on any atom is 0.272 e. The minimum atomic E-state index is -0.0791. The van der Waals surface area contributed by atoms with E-state index < -0.39 is 0 Å². The van der Waals surface area contributed by atoms with Crippen molar-refractivity contribution < 1.29 is 4.79 Å². The van der Waals surface area contributed by atoms with Crippen molar-refractivity contribution in [3.8, 4) is 0 Å². The summed E-state index contributed by atoms with van der Waals surface area (Å²) < 4.78 is 0. The lowest BCUT2D eigenvalue weighted by atomic mass is 9.99. The molecule has 1 amide bonds. The second-order valence-electron chi connectivity index (χ2n) is 5.07. The molecular weight excluding hydrogens is 232 g/mol. The van der Waals surface area contributed by atoms with Crippen LogP contribution in [0.3, 0.4) is 0 Å². The van der Waals surface area contributed by atoms with Crippen molar-refractivity contribution in [2.24, 2.45) is 16.9 Å². The van der Waals surface area contributed by atoms with E-state index in [9.17, 15) is 4.79 Å². The number of hydrazone groups is 1. The van der Waals surface area contributed by atoms with E-state index in [1.54, 1.807) is 11.3 Å². The molecule has 1 N–H and O–H groups in total. The SMILES string of the molecule is Cc1cc(C(=O)N/N=C2/CC3CCC2C3)cs1. The molecule has 17 heavy (non-hydrogen) atoms. The Bertz CT molecular complexity index is 478. The van der Waals surface area contributed by atoms with E-state index in [-0.39, 0.29) is 5.91 Å². The normalized spacial score (nSPS) is 28.9. The molecule has 0 radical (unpaired) electrons. The number of hydrogen-bond donors (Lipinski definition) is 1. The Morgan fingerprint density at radius 1 is 1.53 bits per heavy atom. The molecule has 2 aliphatic carbocycles. The molecule has 2 atom stereocenters. The molecule has 90 valence electrons. The minimum absolute atomic E-state index is 0.0791. The first kappa shape index (κ1) is 11.0. The van der Waals surface area contributed by atoms with Gasteiger partial charge in [0.25, 0.3) is 5.91 Å². The van der Waals surface area contributed by atoms with Crippen molar-refractivity contribution in [1.29, 1.82) is 0 Å². The van der Waals surface area contributed by atoms with Crippen LogP contribution in [0.1, 0.15) is 40.9 Å². The highest BCUT2D eigenvalue weighted by Gasteiger charge is 2.36. The molecule has 2 unspecified atom stereocenters. The molecule has 2 aliphatic rings. The highest BCUT2D eigenvalue weighted by Crippen LogP contribution is 2.42. The molecule has 3 rings (SSSR count). The Kier molecular flexibility index (Phi) is 2.74. The molecule has 1 aromatic rings. The zero-order valence-corrected chi connectivity index (χ0v) is 10.7. The predicted molar refractivity (Wildman–Crippen MR) is 69.4 cm³/mol. The van der Waals surface area contributed by atoms with Gasteiger partial charge in [-0.1, -0.05) is 0 Å². The van der Waals surface area contributed by atoms with Crippen molar-refractivity contribution in [2.75, 3.05) is 0 Å². The van der Waals surface area contributed by atoms with Gasteiger partial charge in [-0.05, 0) is 50.5 Å². The van der Waals surface area contributed by atoms with Crippen molar-refractivity contribution in [3.63, 3.8) is 0 Å². The third-order valence-corrected chi connectivity index (χ3v) is 4.67. The molecule has 0 spiro atoms. The Labute approximate surface area is 105 Å². The molecule has 0 aromatic carbocycles. The van der Waals surface area contributed by atoms with Crippen LogP contribution >= 0.6 is 11.3 Å². The number of thiophene rings is 1. The Morgan fingerprint density at radius 3 is 3.00 bits per heavy atom. The minimum Gasteiger partial charge on any atom is -0.267 e. The first-order valence-electron chi connectivity index (χ1n) is 6.14. The Morgan fingerprint density at radius 2 is 2.41 bits per heavy atom. The van der Waals surface area contributed by atoms with Crippen LogP contribution in [-0.2, 0) is 0 Å². The van der Waals surface area contributed by atoms with Crippen LogP contribution in [0.5, 0.6) is 0 Å². The summed E-state index contributed by atoms with van der Waals surface area (Å²) >= 11 is 1.59. The topological polar surface area (TPSA) is 41.5 Å². The molecule has 0 aliphatic heterocycles. The fourth-order valence-corrected chi connectivity index (χ4v) is 3.59. The molecule has 1 heterocycles. The lowest BCUT2D eigenvalue weighted by Gasteiger charge is -2.11. The van der Waals surface area contributed by atoms with Crippen LogP contribution in [0.4, 0.5) is 0 Å². The largest absolute Gasteiger partial charge is 0.272 e. The van der Waals surface area contributed by atoms with Crippen LogP contribution < -0.4 is 5.43 Å². The second kappa shape index (κ2) is 4.26. The maximum atomic E-state index is 11.8. The van der Waals surface area contributed by atoms with Crippen LogP contribution in [0.25, 0.3) is 0 Å². The predicted octanol–water partition coefficient (Wildman–Crippen LogP) is 2.96.